The fourth-order valence-electron chi connectivity index (χ4n) is 1.26. The highest BCUT2D eigenvalue weighted by Gasteiger charge is 2.00. The second-order valence-corrected chi connectivity index (χ2v) is 3.37. The van der Waals surface area contributed by atoms with E-state index in [1.165, 1.54) is 6.92 Å². The van der Waals surface area contributed by atoms with Gasteiger partial charge in [0.05, 0.1) is 0 Å². The molecule has 1 aromatic carbocycles. The fraction of sp³-hybridized carbons (Fsp3) is 0.364. The van der Waals surface area contributed by atoms with Gasteiger partial charge in [0, 0.05) is 13.5 Å². The summed E-state index contributed by atoms with van der Waals surface area (Å²) >= 11 is 0. The van der Waals surface area contributed by atoms with Gasteiger partial charge in [-0.1, -0.05) is 12.1 Å². The average Bonchev–Trinajstić information content (AvgIpc) is 2.08. The molecule has 0 spiro atoms. The first-order valence-corrected chi connectivity index (χ1v) is 4.62. The maximum atomic E-state index is 10.6. The molecule has 0 radical (unpaired) electrons. The number of hydrogen-bond donors (Lipinski definition) is 2. The number of amides is 1. The van der Waals surface area contributed by atoms with Crippen LogP contribution >= 0.6 is 0 Å². The van der Waals surface area contributed by atoms with E-state index in [2.05, 4.69) is 5.32 Å². The van der Waals surface area contributed by atoms with E-state index >= 15 is 0 Å². The Bertz CT molecular complexity index is 334. The Balaban J connectivity index is 2.55. The lowest BCUT2D eigenvalue weighted by Crippen LogP contribution is -2.22. The highest BCUT2D eigenvalue weighted by Crippen LogP contribution is 2.18. The molecule has 0 aliphatic carbocycles. The van der Waals surface area contributed by atoms with E-state index in [1.54, 1.807) is 6.07 Å². The van der Waals surface area contributed by atoms with Crippen molar-refractivity contribution in [2.24, 2.45) is 0 Å². The third-order valence-electron chi connectivity index (χ3n) is 2.01. The van der Waals surface area contributed by atoms with Gasteiger partial charge in [-0.3, -0.25) is 4.79 Å². The predicted octanol–water partition coefficient (Wildman–Crippen LogP) is 1.38. The lowest BCUT2D eigenvalue weighted by molar-refractivity contribution is -0.118. The Morgan fingerprint density at radius 3 is 2.79 bits per heavy atom. The number of carbonyl (C=O) groups excluding carboxylic acids is 1. The largest absolute Gasteiger partial charge is 0.508 e. The molecule has 1 aromatic rings. The van der Waals surface area contributed by atoms with Crippen LogP contribution in [0, 0.1) is 6.92 Å². The van der Waals surface area contributed by atoms with Gasteiger partial charge in [0.1, 0.15) is 5.75 Å². The van der Waals surface area contributed by atoms with Crippen molar-refractivity contribution in [3.8, 4) is 5.75 Å². The van der Waals surface area contributed by atoms with Crippen LogP contribution in [0.1, 0.15) is 18.1 Å². The molecule has 1 amide bonds. The summed E-state index contributed by atoms with van der Waals surface area (Å²) in [6.45, 7) is 3.97. The molecule has 3 heteroatoms. The third kappa shape index (κ3) is 3.09. The van der Waals surface area contributed by atoms with Gasteiger partial charge in [-0.2, -0.15) is 0 Å². The van der Waals surface area contributed by atoms with Gasteiger partial charge >= 0.3 is 0 Å². The zero-order chi connectivity index (χ0) is 10.6. The molecule has 1 rings (SSSR count). The number of aryl methyl sites for hydroxylation is 1. The van der Waals surface area contributed by atoms with Crippen LogP contribution in [0.15, 0.2) is 18.2 Å². The molecule has 0 heterocycles. The average molecular weight is 193 g/mol. The molecule has 0 bridgehead atoms. The van der Waals surface area contributed by atoms with Gasteiger partial charge in [-0.15, -0.1) is 0 Å². The van der Waals surface area contributed by atoms with Crippen LogP contribution < -0.4 is 5.32 Å². The molecule has 0 fully saturated rings. The Morgan fingerprint density at radius 1 is 1.50 bits per heavy atom. The predicted molar refractivity (Wildman–Crippen MR) is 55.2 cm³/mol. The van der Waals surface area contributed by atoms with Crippen molar-refractivity contribution in [3.63, 3.8) is 0 Å². The lowest BCUT2D eigenvalue weighted by atomic mass is 10.1. The van der Waals surface area contributed by atoms with E-state index in [0.717, 1.165) is 11.1 Å². The van der Waals surface area contributed by atoms with Crippen LogP contribution in [0.4, 0.5) is 0 Å². The second kappa shape index (κ2) is 4.65. The van der Waals surface area contributed by atoms with Crippen molar-refractivity contribution in [3.05, 3.63) is 29.3 Å². The molecule has 14 heavy (non-hydrogen) atoms. The highest BCUT2D eigenvalue weighted by atomic mass is 16.3. The van der Waals surface area contributed by atoms with Crippen molar-refractivity contribution in [1.82, 2.24) is 5.32 Å². The number of phenolic OH excluding ortho intramolecular Hbond substituents is 1. The van der Waals surface area contributed by atoms with Gasteiger partial charge < -0.3 is 10.4 Å². The summed E-state index contributed by atoms with van der Waals surface area (Å²) in [5, 5.41) is 12.2. The van der Waals surface area contributed by atoms with Crippen molar-refractivity contribution < 1.29 is 9.90 Å². The van der Waals surface area contributed by atoms with Crippen molar-refractivity contribution in [2.45, 2.75) is 20.3 Å². The molecule has 0 aromatic heterocycles. The summed E-state index contributed by atoms with van der Waals surface area (Å²) in [5.41, 5.74) is 1.90. The number of hydrogen-bond acceptors (Lipinski definition) is 2. The van der Waals surface area contributed by atoms with Crippen molar-refractivity contribution >= 4 is 5.91 Å². The first-order chi connectivity index (χ1) is 6.59. The van der Waals surface area contributed by atoms with E-state index in [4.69, 9.17) is 0 Å². The summed E-state index contributed by atoms with van der Waals surface area (Å²) in [5.74, 6) is 0.256. The van der Waals surface area contributed by atoms with Crippen LogP contribution in [0.5, 0.6) is 5.75 Å². The van der Waals surface area contributed by atoms with E-state index in [-0.39, 0.29) is 5.91 Å². The van der Waals surface area contributed by atoms with Gasteiger partial charge in [0.2, 0.25) is 5.91 Å². The summed E-state index contributed by atoms with van der Waals surface area (Å²) in [6, 6.07) is 5.55. The van der Waals surface area contributed by atoms with Crippen LogP contribution in [-0.2, 0) is 11.2 Å². The fourth-order valence-corrected chi connectivity index (χ4v) is 1.26. The number of carbonyl (C=O) groups is 1. The Hall–Kier alpha value is -1.51. The molecule has 0 aliphatic heterocycles. The smallest absolute Gasteiger partial charge is 0.216 e. The topological polar surface area (TPSA) is 49.3 Å². The molecular weight excluding hydrogens is 178 g/mol. The Morgan fingerprint density at radius 2 is 2.21 bits per heavy atom. The lowest BCUT2D eigenvalue weighted by Gasteiger charge is -2.05. The number of nitrogens with one attached hydrogen (secondary N) is 1. The maximum Gasteiger partial charge on any atom is 0.216 e. The molecule has 0 atom stereocenters. The van der Waals surface area contributed by atoms with E-state index in [0.29, 0.717) is 18.7 Å². The van der Waals surface area contributed by atoms with E-state index < -0.39 is 0 Å². The molecule has 0 saturated carbocycles. The summed E-state index contributed by atoms with van der Waals surface area (Å²) in [6.07, 6.45) is 0.658. The first kappa shape index (κ1) is 10.6. The van der Waals surface area contributed by atoms with Crippen molar-refractivity contribution in [2.75, 3.05) is 6.54 Å². The van der Waals surface area contributed by atoms with Gasteiger partial charge in [0.25, 0.3) is 0 Å². The normalized spacial score (nSPS) is 9.86. The minimum absolute atomic E-state index is 0.0448. The third-order valence-corrected chi connectivity index (χ3v) is 2.01. The van der Waals surface area contributed by atoms with Gasteiger partial charge in [-0.05, 0) is 30.5 Å². The molecule has 0 saturated heterocycles. The molecule has 0 unspecified atom stereocenters. The highest BCUT2D eigenvalue weighted by molar-refractivity contribution is 5.72. The monoisotopic (exact) mass is 193 g/mol. The van der Waals surface area contributed by atoms with E-state index in [1.807, 2.05) is 19.1 Å². The molecule has 76 valence electrons. The van der Waals surface area contributed by atoms with Gasteiger partial charge in [-0.25, -0.2) is 0 Å². The number of phenols is 1. The SMILES string of the molecule is CC(=O)NCCc1ccc(C)cc1O. The molecule has 2 N–H and O–H groups in total. The minimum Gasteiger partial charge on any atom is -0.508 e. The van der Waals surface area contributed by atoms with Crippen LogP contribution in [-0.4, -0.2) is 17.6 Å². The quantitative estimate of drug-likeness (QED) is 0.762. The number of benzene rings is 1. The first-order valence-electron chi connectivity index (χ1n) is 4.62. The number of aromatic hydroxyl groups is 1. The summed E-state index contributed by atoms with van der Waals surface area (Å²) < 4.78 is 0. The Kier molecular flexibility index (Phi) is 3.51. The van der Waals surface area contributed by atoms with E-state index in [9.17, 15) is 9.90 Å². The molecule has 0 aliphatic rings. The van der Waals surface area contributed by atoms with Crippen LogP contribution in [0.3, 0.4) is 0 Å². The zero-order valence-electron chi connectivity index (χ0n) is 8.50. The minimum atomic E-state index is -0.0448. The second-order valence-electron chi connectivity index (χ2n) is 3.37. The summed E-state index contributed by atoms with van der Waals surface area (Å²) in [7, 11) is 0. The molecule has 3 nitrogen and oxygen atoms in total. The summed E-state index contributed by atoms with van der Waals surface area (Å²) in [4.78, 5) is 10.6. The zero-order valence-corrected chi connectivity index (χ0v) is 8.50. The van der Waals surface area contributed by atoms with Gasteiger partial charge in [0.15, 0.2) is 0 Å². The van der Waals surface area contributed by atoms with Crippen LogP contribution in [0.25, 0.3) is 0 Å². The number of rotatable bonds is 3. The van der Waals surface area contributed by atoms with Crippen molar-refractivity contribution in [1.29, 1.82) is 0 Å². The Labute approximate surface area is 83.8 Å². The standard InChI is InChI=1S/C11H15NO2/c1-8-3-4-10(11(14)7-8)5-6-12-9(2)13/h3-4,7,14H,5-6H2,1-2H3,(H,12,13). The molecular formula is C11H15NO2. The maximum absolute atomic E-state index is 10.6. The van der Waals surface area contributed by atoms with Crippen LogP contribution in [0.2, 0.25) is 0 Å².